The number of hydrogen-bond donors (Lipinski definition) is 1. The number of aliphatic hydroxyl groups excluding tert-OH is 1. The first kappa shape index (κ1) is 33.0. The third-order valence-corrected chi connectivity index (χ3v) is 15.6. The molecule has 2 amide bonds. The molecule has 6 rings (SSSR count). The van der Waals surface area contributed by atoms with Gasteiger partial charge in [-0.1, -0.05) is 49.5 Å². The maximum absolute atomic E-state index is 15.0. The van der Waals surface area contributed by atoms with E-state index >= 15 is 0 Å². The highest BCUT2D eigenvalue weighted by Crippen LogP contribution is 2.60. The summed E-state index contributed by atoms with van der Waals surface area (Å²) in [6.07, 6.45) is 1.33. The molecule has 2 saturated heterocycles. The number of methoxy groups -OCH3 is 2. The van der Waals surface area contributed by atoms with Crippen LogP contribution >= 0.6 is 22.6 Å². The minimum absolute atomic E-state index is 0.0256. The Morgan fingerprint density at radius 3 is 2.46 bits per heavy atom. The fourth-order valence-corrected chi connectivity index (χ4v) is 12.9. The Kier molecular flexibility index (Phi) is 9.27. The Bertz CT molecular complexity index is 1620. The predicted octanol–water partition coefficient (Wildman–Crippen LogP) is 5.44. The van der Waals surface area contributed by atoms with E-state index in [0.717, 1.165) is 39.0 Å². The van der Waals surface area contributed by atoms with Crippen LogP contribution in [-0.4, -0.2) is 69.4 Å². The fraction of sp³-hybridized carbons (Fsp3) is 0.444. The first-order valence-electron chi connectivity index (χ1n) is 16.0. The van der Waals surface area contributed by atoms with Crippen LogP contribution in [0.4, 0.5) is 5.69 Å². The Balaban J connectivity index is 1.46. The van der Waals surface area contributed by atoms with Gasteiger partial charge in [-0.05, 0) is 89.0 Å². The molecule has 2 fully saturated rings. The molecule has 5 atom stereocenters. The number of hydrogen-bond acceptors (Lipinski definition) is 6. The van der Waals surface area contributed by atoms with Crippen LogP contribution in [0, 0.1) is 9.49 Å². The van der Waals surface area contributed by atoms with E-state index in [-0.39, 0.29) is 42.3 Å². The molecular formula is C36H43IN2O6Si. The van der Waals surface area contributed by atoms with Crippen LogP contribution < -0.4 is 19.6 Å². The highest BCUT2D eigenvalue weighted by Gasteiger charge is 2.66. The average molecular weight is 755 g/mol. The van der Waals surface area contributed by atoms with Crippen molar-refractivity contribution in [2.24, 2.45) is 5.92 Å². The summed E-state index contributed by atoms with van der Waals surface area (Å²) in [5.41, 5.74) is 1.29. The summed E-state index contributed by atoms with van der Waals surface area (Å²) in [7, 11) is 0.877. The van der Waals surface area contributed by atoms with E-state index in [1.165, 1.54) is 5.19 Å². The van der Waals surface area contributed by atoms with Gasteiger partial charge in [-0.3, -0.25) is 9.59 Å². The minimum Gasteiger partial charge on any atom is -0.497 e. The third kappa shape index (κ3) is 5.54. The number of carbonyl (C=O) groups excluding carboxylic acids is 2. The molecule has 0 radical (unpaired) electrons. The predicted molar refractivity (Wildman–Crippen MR) is 189 cm³/mol. The van der Waals surface area contributed by atoms with Crippen LogP contribution in [0.1, 0.15) is 37.3 Å². The number of rotatable bonds is 9. The molecule has 3 aromatic carbocycles. The lowest BCUT2D eigenvalue weighted by molar-refractivity contribution is -0.150. The molecule has 0 unspecified atom stereocenters. The normalized spacial score (nSPS) is 25.8. The van der Waals surface area contributed by atoms with Crippen molar-refractivity contribution in [1.29, 1.82) is 0 Å². The monoisotopic (exact) mass is 754 g/mol. The SMILES string of the molecule is COc1ccc([Si](C)(C)[C@H]2[C@H](CC(=O)N3CCC[C@H]3CO)O[C@@]3(C(=O)N(Cc4cccc(I)c4)c4ccc(OC)cc43)[C@@H]2C)cc1. The van der Waals surface area contributed by atoms with Gasteiger partial charge in [-0.2, -0.15) is 0 Å². The Morgan fingerprint density at radius 1 is 1.07 bits per heavy atom. The minimum atomic E-state index is -2.41. The molecule has 3 aliphatic heterocycles. The molecule has 244 valence electrons. The first-order chi connectivity index (χ1) is 22.0. The van der Waals surface area contributed by atoms with Gasteiger partial charge in [0.05, 0.1) is 59.7 Å². The summed E-state index contributed by atoms with van der Waals surface area (Å²) in [6.45, 7) is 7.76. The topological polar surface area (TPSA) is 88.5 Å². The number of benzene rings is 3. The maximum Gasteiger partial charge on any atom is 0.264 e. The molecule has 8 nitrogen and oxygen atoms in total. The van der Waals surface area contributed by atoms with Crippen molar-refractivity contribution < 1.29 is 28.9 Å². The second-order valence-corrected chi connectivity index (χ2v) is 19.3. The molecule has 1 spiro atoms. The number of carbonyl (C=O) groups is 2. The van der Waals surface area contributed by atoms with Crippen LogP contribution in [0.2, 0.25) is 18.6 Å². The smallest absolute Gasteiger partial charge is 0.264 e. The average Bonchev–Trinajstić information content (AvgIpc) is 3.71. The van der Waals surface area contributed by atoms with Crippen molar-refractivity contribution in [3.05, 3.63) is 81.4 Å². The highest BCUT2D eigenvalue weighted by molar-refractivity contribution is 14.1. The first-order valence-corrected chi connectivity index (χ1v) is 20.2. The van der Waals surface area contributed by atoms with Gasteiger partial charge in [0.2, 0.25) is 5.91 Å². The highest BCUT2D eigenvalue weighted by atomic mass is 127. The summed E-state index contributed by atoms with van der Waals surface area (Å²) < 4.78 is 19.4. The maximum atomic E-state index is 15.0. The lowest BCUT2D eigenvalue weighted by Gasteiger charge is -2.37. The molecule has 3 heterocycles. The van der Waals surface area contributed by atoms with Crippen molar-refractivity contribution >= 4 is 53.4 Å². The molecule has 3 aromatic rings. The molecule has 0 aliphatic carbocycles. The fourth-order valence-electron chi connectivity index (χ4n) is 8.24. The molecule has 46 heavy (non-hydrogen) atoms. The number of amides is 2. The van der Waals surface area contributed by atoms with E-state index in [1.54, 1.807) is 14.2 Å². The largest absolute Gasteiger partial charge is 0.497 e. The zero-order chi connectivity index (χ0) is 32.8. The second kappa shape index (κ2) is 12.9. The zero-order valence-electron chi connectivity index (χ0n) is 27.2. The second-order valence-electron chi connectivity index (χ2n) is 13.3. The van der Waals surface area contributed by atoms with Gasteiger partial charge < -0.3 is 29.1 Å². The van der Waals surface area contributed by atoms with Crippen molar-refractivity contribution in [3.8, 4) is 11.5 Å². The van der Waals surface area contributed by atoms with Crippen molar-refractivity contribution in [2.75, 3.05) is 32.3 Å². The lowest BCUT2D eigenvalue weighted by Crippen LogP contribution is -2.52. The van der Waals surface area contributed by atoms with Crippen LogP contribution in [0.15, 0.2) is 66.7 Å². The number of likely N-dealkylation sites (tertiary alicyclic amines) is 1. The molecule has 3 aliphatic rings. The lowest BCUT2D eigenvalue weighted by atomic mass is 9.82. The van der Waals surface area contributed by atoms with Gasteiger partial charge in [0, 0.05) is 21.6 Å². The summed E-state index contributed by atoms with van der Waals surface area (Å²) in [4.78, 5) is 32.6. The number of nitrogens with zero attached hydrogens (tertiary/aromatic N) is 2. The van der Waals surface area contributed by atoms with Gasteiger partial charge in [0.15, 0.2) is 5.60 Å². The summed E-state index contributed by atoms with van der Waals surface area (Å²) in [5, 5.41) is 11.2. The molecule has 1 N–H and O–H groups in total. The summed E-state index contributed by atoms with van der Waals surface area (Å²) in [5.74, 6) is 1.08. The number of halogens is 1. The van der Waals surface area contributed by atoms with Crippen LogP contribution in [-0.2, 0) is 26.5 Å². The van der Waals surface area contributed by atoms with Gasteiger partial charge >= 0.3 is 0 Å². The number of aliphatic hydroxyl groups is 1. The van der Waals surface area contributed by atoms with E-state index in [9.17, 15) is 14.7 Å². The van der Waals surface area contributed by atoms with E-state index in [1.807, 2.05) is 58.3 Å². The van der Waals surface area contributed by atoms with E-state index in [2.05, 4.69) is 60.8 Å². The van der Waals surface area contributed by atoms with Crippen molar-refractivity contribution in [3.63, 3.8) is 0 Å². The quantitative estimate of drug-likeness (QED) is 0.231. The van der Waals surface area contributed by atoms with Gasteiger partial charge in [0.25, 0.3) is 5.91 Å². The Labute approximate surface area is 286 Å². The summed E-state index contributed by atoms with van der Waals surface area (Å²) in [6, 6.07) is 22.0. The zero-order valence-corrected chi connectivity index (χ0v) is 30.3. The Morgan fingerprint density at radius 2 is 1.78 bits per heavy atom. The molecular weight excluding hydrogens is 711 g/mol. The molecule has 0 bridgehead atoms. The standard InChI is InChI=1S/C36H43IN2O6Si/c1-23-34(46(4,5)29-14-11-27(43-2)12-15-29)32(20-33(41)38-17-7-10-26(38)22-40)45-36(23)30-19-28(44-3)13-16-31(30)39(35(36)42)21-24-8-6-9-25(37)18-24/h6,8-9,11-16,18-19,23,26,32,34,40H,7,10,17,20-22H2,1-5H3/t23-,26+,32+,34-,36+/m1/s1. The van der Waals surface area contributed by atoms with Gasteiger partial charge in [-0.15, -0.1) is 0 Å². The van der Waals surface area contributed by atoms with E-state index < -0.39 is 19.8 Å². The number of ether oxygens (including phenoxy) is 3. The van der Waals surface area contributed by atoms with E-state index in [0.29, 0.717) is 18.8 Å². The van der Waals surface area contributed by atoms with Gasteiger partial charge in [0.1, 0.15) is 11.5 Å². The van der Waals surface area contributed by atoms with Crippen LogP contribution in [0.3, 0.4) is 0 Å². The van der Waals surface area contributed by atoms with Gasteiger partial charge in [-0.25, -0.2) is 0 Å². The van der Waals surface area contributed by atoms with Crippen molar-refractivity contribution in [2.45, 2.75) is 69.1 Å². The third-order valence-electron chi connectivity index (χ3n) is 10.6. The molecule has 10 heteroatoms. The molecule has 0 saturated carbocycles. The van der Waals surface area contributed by atoms with E-state index in [4.69, 9.17) is 14.2 Å². The number of anilines is 1. The Hall–Kier alpha value is -2.93. The number of fused-ring (bicyclic) bond motifs is 2. The summed E-state index contributed by atoms with van der Waals surface area (Å²) >= 11 is 2.30. The molecule has 0 aromatic heterocycles. The van der Waals surface area contributed by atoms with Crippen LogP contribution in [0.5, 0.6) is 11.5 Å². The van der Waals surface area contributed by atoms with Crippen LogP contribution in [0.25, 0.3) is 0 Å². The van der Waals surface area contributed by atoms with Crippen molar-refractivity contribution in [1.82, 2.24) is 4.90 Å².